The van der Waals surface area contributed by atoms with E-state index >= 15 is 0 Å². The molecular formula is C10H10N2O4. The molecule has 0 aliphatic heterocycles. The van der Waals surface area contributed by atoms with Gasteiger partial charge in [-0.3, -0.25) is 10.1 Å². The first kappa shape index (κ1) is 10.4. The van der Waals surface area contributed by atoms with E-state index in [2.05, 4.69) is 5.32 Å². The molecule has 0 atom stereocenters. The summed E-state index contributed by atoms with van der Waals surface area (Å²) < 4.78 is 0. The van der Waals surface area contributed by atoms with Gasteiger partial charge in [-0.05, 0) is 18.9 Å². The number of nitrogens with zero attached hydrogens (tertiary/aromatic N) is 1. The lowest BCUT2D eigenvalue weighted by atomic mass is 10.1. The first-order chi connectivity index (χ1) is 7.59. The zero-order valence-corrected chi connectivity index (χ0v) is 8.34. The number of hydrogen-bond acceptors (Lipinski definition) is 4. The fourth-order valence-corrected chi connectivity index (χ4v) is 1.48. The van der Waals surface area contributed by atoms with Gasteiger partial charge in [-0.25, -0.2) is 4.79 Å². The van der Waals surface area contributed by atoms with Crippen molar-refractivity contribution in [1.82, 2.24) is 0 Å². The number of nitro benzene ring substituents is 1. The fraction of sp³-hybridized carbons (Fsp3) is 0.300. The summed E-state index contributed by atoms with van der Waals surface area (Å²) in [5.74, 6) is -1.28. The van der Waals surface area contributed by atoms with Crippen molar-refractivity contribution in [2.45, 2.75) is 18.9 Å². The average Bonchev–Trinajstić information content (AvgIpc) is 3.00. The second-order valence-corrected chi connectivity index (χ2v) is 3.68. The average molecular weight is 222 g/mol. The van der Waals surface area contributed by atoms with Crippen molar-refractivity contribution in [2.24, 2.45) is 0 Å². The molecule has 1 saturated carbocycles. The van der Waals surface area contributed by atoms with Gasteiger partial charge in [0.15, 0.2) is 5.56 Å². The van der Waals surface area contributed by atoms with Gasteiger partial charge in [0.25, 0.3) is 5.69 Å². The zero-order chi connectivity index (χ0) is 11.7. The van der Waals surface area contributed by atoms with E-state index in [-0.39, 0.29) is 17.3 Å². The van der Waals surface area contributed by atoms with Gasteiger partial charge >= 0.3 is 5.97 Å². The van der Waals surface area contributed by atoms with Crippen LogP contribution in [-0.2, 0) is 0 Å². The van der Waals surface area contributed by atoms with Crippen molar-refractivity contribution in [3.8, 4) is 0 Å². The van der Waals surface area contributed by atoms with E-state index in [4.69, 9.17) is 5.11 Å². The maximum atomic E-state index is 11.0. The Morgan fingerprint density at radius 1 is 1.50 bits per heavy atom. The van der Waals surface area contributed by atoms with Crippen LogP contribution in [0.2, 0.25) is 0 Å². The second-order valence-electron chi connectivity index (χ2n) is 3.68. The molecule has 0 amide bonds. The Hall–Kier alpha value is -2.11. The molecule has 0 unspecified atom stereocenters. The molecule has 0 saturated heterocycles. The summed E-state index contributed by atoms with van der Waals surface area (Å²) >= 11 is 0. The zero-order valence-electron chi connectivity index (χ0n) is 8.34. The van der Waals surface area contributed by atoms with Crippen LogP contribution in [0.15, 0.2) is 18.2 Å². The Balaban J connectivity index is 2.45. The van der Waals surface area contributed by atoms with E-state index in [1.807, 2.05) is 0 Å². The Kier molecular flexibility index (Phi) is 2.47. The fourth-order valence-electron chi connectivity index (χ4n) is 1.48. The summed E-state index contributed by atoms with van der Waals surface area (Å²) in [6, 6.07) is 4.48. The van der Waals surface area contributed by atoms with Gasteiger partial charge in [0, 0.05) is 12.1 Å². The van der Waals surface area contributed by atoms with Crippen LogP contribution in [-0.4, -0.2) is 22.0 Å². The third-order valence-corrected chi connectivity index (χ3v) is 2.39. The molecule has 0 heterocycles. The number of nitro groups is 1. The standard InChI is InChI=1S/C10H10N2O4/c13-10(14)9-7(11-6-4-5-6)2-1-3-8(9)12(15)16/h1-3,6,11H,4-5H2,(H,13,14). The summed E-state index contributed by atoms with van der Waals surface area (Å²) in [5.41, 5.74) is -0.318. The molecule has 1 aromatic carbocycles. The lowest BCUT2D eigenvalue weighted by Gasteiger charge is -2.08. The molecule has 0 radical (unpaired) electrons. The Morgan fingerprint density at radius 2 is 2.19 bits per heavy atom. The van der Waals surface area contributed by atoms with E-state index in [1.54, 1.807) is 6.07 Å². The molecule has 6 nitrogen and oxygen atoms in total. The largest absolute Gasteiger partial charge is 0.477 e. The molecule has 2 N–H and O–H groups in total. The van der Waals surface area contributed by atoms with Crippen molar-refractivity contribution in [1.29, 1.82) is 0 Å². The predicted octanol–water partition coefficient (Wildman–Crippen LogP) is 1.87. The van der Waals surface area contributed by atoms with Crippen LogP contribution < -0.4 is 5.32 Å². The SMILES string of the molecule is O=C(O)c1c(NC2CC2)cccc1[N+](=O)[O-]. The first-order valence-corrected chi connectivity index (χ1v) is 4.87. The van der Waals surface area contributed by atoms with Crippen LogP contribution in [0, 0.1) is 10.1 Å². The third kappa shape index (κ3) is 1.95. The molecule has 84 valence electrons. The van der Waals surface area contributed by atoms with E-state index in [9.17, 15) is 14.9 Å². The van der Waals surface area contributed by atoms with Crippen LogP contribution in [0.1, 0.15) is 23.2 Å². The van der Waals surface area contributed by atoms with Crippen molar-refractivity contribution < 1.29 is 14.8 Å². The molecule has 16 heavy (non-hydrogen) atoms. The van der Waals surface area contributed by atoms with Crippen LogP contribution >= 0.6 is 0 Å². The Bertz CT molecular complexity index is 454. The summed E-state index contributed by atoms with van der Waals surface area (Å²) in [6.45, 7) is 0. The molecule has 1 aliphatic carbocycles. The topological polar surface area (TPSA) is 92.5 Å². The molecule has 1 aliphatic rings. The van der Waals surface area contributed by atoms with E-state index in [0.29, 0.717) is 5.69 Å². The maximum Gasteiger partial charge on any atom is 0.344 e. The van der Waals surface area contributed by atoms with E-state index < -0.39 is 10.9 Å². The van der Waals surface area contributed by atoms with Gasteiger partial charge in [0.05, 0.1) is 10.6 Å². The second kappa shape index (κ2) is 3.80. The van der Waals surface area contributed by atoms with Crippen LogP contribution in [0.25, 0.3) is 0 Å². The molecule has 1 fully saturated rings. The van der Waals surface area contributed by atoms with Crippen molar-refractivity contribution in [3.05, 3.63) is 33.9 Å². The van der Waals surface area contributed by atoms with E-state index in [0.717, 1.165) is 12.8 Å². The molecule has 6 heteroatoms. The van der Waals surface area contributed by atoms with Crippen molar-refractivity contribution in [2.75, 3.05) is 5.32 Å². The lowest BCUT2D eigenvalue weighted by Crippen LogP contribution is -2.10. The van der Waals surface area contributed by atoms with E-state index in [1.165, 1.54) is 12.1 Å². The minimum atomic E-state index is -1.28. The van der Waals surface area contributed by atoms with Crippen molar-refractivity contribution in [3.63, 3.8) is 0 Å². The highest BCUT2D eigenvalue weighted by Gasteiger charge is 2.27. The molecular weight excluding hydrogens is 212 g/mol. The van der Waals surface area contributed by atoms with Gasteiger partial charge < -0.3 is 10.4 Å². The van der Waals surface area contributed by atoms with Crippen LogP contribution in [0.3, 0.4) is 0 Å². The highest BCUT2D eigenvalue weighted by atomic mass is 16.6. The number of benzene rings is 1. The predicted molar refractivity (Wildman–Crippen MR) is 56.7 cm³/mol. The number of carbonyl (C=O) groups is 1. The summed E-state index contributed by atoms with van der Waals surface area (Å²) in [4.78, 5) is 21.0. The van der Waals surface area contributed by atoms with Crippen LogP contribution in [0.4, 0.5) is 11.4 Å². The number of nitrogens with one attached hydrogen (secondary N) is 1. The first-order valence-electron chi connectivity index (χ1n) is 4.87. The van der Waals surface area contributed by atoms with Gasteiger partial charge in [-0.2, -0.15) is 0 Å². The number of anilines is 1. The van der Waals surface area contributed by atoms with Gasteiger partial charge in [-0.1, -0.05) is 6.07 Å². The molecule has 0 bridgehead atoms. The lowest BCUT2D eigenvalue weighted by molar-refractivity contribution is -0.385. The highest BCUT2D eigenvalue weighted by Crippen LogP contribution is 2.31. The summed E-state index contributed by atoms with van der Waals surface area (Å²) in [7, 11) is 0. The van der Waals surface area contributed by atoms with Gasteiger partial charge in [0.1, 0.15) is 0 Å². The number of hydrogen-bond donors (Lipinski definition) is 2. The summed E-state index contributed by atoms with van der Waals surface area (Å²) in [6.07, 6.45) is 1.95. The van der Waals surface area contributed by atoms with Crippen molar-refractivity contribution >= 4 is 17.3 Å². The number of carboxylic acid groups (broad SMARTS) is 1. The highest BCUT2D eigenvalue weighted by molar-refractivity contribution is 5.98. The number of aromatic carboxylic acids is 1. The maximum absolute atomic E-state index is 11.0. The minimum absolute atomic E-state index is 0.250. The Morgan fingerprint density at radius 3 is 2.69 bits per heavy atom. The Labute approximate surface area is 91.0 Å². The number of carboxylic acids is 1. The normalized spacial score (nSPS) is 14.5. The summed E-state index contributed by atoms with van der Waals surface area (Å²) in [5, 5.41) is 22.7. The molecule has 0 spiro atoms. The number of rotatable bonds is 4. The molecule has 1 aromatic rings. The smallest absolute Gasteiger partial charge is 0.344 e. The molecule has 2 rings (SSSR count). The third-order valence-electron chi connectivity index (χ3n) is 2.39. The monoisotopic (exact) mass is 222 g/mol. The minimum Gasteiger partial charge on any atom is -0.477 e. The molecule has 0 aromatic heterocycles. The van der Waals surface area contributed by atoms with Gasteiger partial charge in [-0.15, -0.1) is 0 Å². The quantitative estimate of drug-likeness (QED) is 0.599. The van der Waals surface area contributed by atoms with Crippen LogP contribution in [0.5, 0.6) is 0 Å². The van der Waals surface area contributed by atoms with Gasteiger partial charge in [0.2, 0.25) is 0 Å².